The Balaban J connectivity index is 1.87. The number of ketones is 1. The Morgan fingerprint density at radius 2 is 2.31 bits per heavy atom. The number of carbonyl (C=O) groups is 1. The highest BCUT2D eigenvalue weighted by atomic mass is 16.1. The van der Waals surface area contributed by atoms with E-state index in [0.29, 0.717) is 18.4 Å². The van der Waals surface area contributed by atoms with Crippen LogP contribution in [0.25, 0.3) is 0 Å². The number of likely N-dealkylation sites (tertiary alicyclic amines) is 1. The van der Waals surface area contributed by atoms with E-state index in [9.17, 15) is 4.79 Å². The van der Waals surface area contributed by atoms with Gasteiger partial charge in [0, 0.05) is 19.0 Å². The van der Waals surface area contributed by atoms with Gasteiger partial charge in [-0.15, -0.1) is 0 Å². The van der Waals surface area contributed by atoms with Gasteiger partial charge in [-0.3, -0.25) is 9.69 Å². The maximum Gasteiger partial charge on any atom is 0.146 e. The van der Waals surface area contributed by atoms with E-state index in [1.807, 2.05) is 0 Å². The third kappa shape index (κ3) is 2.29. The molecule has 2 fully saturated rings. The van der Waals surface area contributed by atoms with Gasteiger partial charge in [-0.1, -0.05) is 0 Å². The first-order valence-electron chi connectivity index (χ1n) is 5.33. The summed E-state index contributed by atoms with van der Waals surface area (Å²) in [5, 5.41) is 3.39. The van der Waals surface area contributed by atoms with Crippen molar-refractivity contribution in [2.24, 2.45) is 0 Å². The Labute approximate surface area is 79.5 Å². The minimum atomic E-state index is 0.428. The molecule has 1 N–H and O–H groups in total. The lowest BCUT2D eigenvalue weighted by Gasteiger charge is -2.36. The van der Waals surface area contributed by atoms with Gasteiger partial charge in [0.1, 0.15) is 5.78 Å². The van der Waals surface area contributed by atoms with E-state index in [2.05, 4.69) is 10.2 Å². The van der Waals surface area contributed by atoms with Gasteiger partial charge in [0.15, 0.2) is 0 Å². The fourth-order valence-electron chi connectivity index (χ4n) is 2.32. The molecule has 74 valence electrons. The monoisotopic (exact) mass is 182 g/mol. The zero-order chi connectivity index (χ0) is 9.10. The molecule has 0 amide bonds. The normalized spacial score (nSPS) is 32.0. The third-order valence-electron chi connectivity index (χ3n) is 3.07. The van der Waals surface area contributed by atoms with Crippen molar-refractivity contribution in [1.29, 1.82) is 0 Å². The van der Waals surface area contributed by atoms with Crippen LogP contribution in [0.5, 0.6) is 0 Å². The SMILES string of the molecule is O=C1CCCN(C2CCCNC2)C1. The predicted molar refractivity (Wildman–Crippen MR) is 51.7 cm³/mol. The van der Waals surface area contributed by atoms with E-state index < -0.39 is 0 Å². The number of Topliss-reactive ketones (excluding diaryl/α,β-unsaturated/α-hetero) is 1. The lowest BCUT2D eigenvalue weighted by molar-refractivity contribution is -0.123. The second-order valence-corrected chi connectivity index (χ2v) is 4.11. The van der Waals surface area contributed by atoms with Crippen molar-refractivity contribution in [3.63, 3.8) is 0 Å². The molecule has 0 radical (unpaired) electrons. The van der Waals surface area contributed by atoms with Crippen LogP contribution in [0.4, 0.5) is 0 Å². The van der Waals surface area contributed by atoms with Crippen LogP contribution < -0.4 is 5.32 Å². The summed E-state index contributed by atoms with van der Waals surface area (Å²) in [4.78, 5) is 13.6. The molecule has 0 aromatic heterocycles. The van der Waals surface area contributed by atoms with E-state index in [4.69, 9.17) is 0 Å². The summed E-state index contributed by atoms with van der Waals surface area (Å²) in [6, 6.07) is 0.623. The molecule has 1 atom stereocenters. The summed E-state index contributed by atoms with van der Waals surface area (Å²) in [6.07, 6.45) is 4.39. The van der Waals surface area contributed by atoms with E-state index in [1.165, 1.54) is 12.8 Å². The molecular weight excluding hydrogens is 164 g/mol. The molecule has 0 aromatic carbocycles. The van der Waals surface area contributed by atoms with Crippen LogP contribution in [0.3, 0.4) is 0 Å². The van der Waals surface area contributed by atoms with Crippen LogP contribution in [0.1, 0.15) is 25.7 Å². The van der Waals surface area contributed by atoms with Crippen molar-refractivity contribution < 1.29 is 4.79 Å². The topological polar surface area (TPSA) is 32.3 Å². The van der Waals surface area contributed by atoms with Crippen molar-refractivity contribution in [2.75, 3.05) is 26.2 Å². The molecule has 0 aromatic rings. The average molecular weight is 182 g/mol. The molecule has 0 saturated carbocycles. The van der Waals surface area contributed by atoms with Crippen molar-refractivity contribution in [1.82, 2.24) is 10.2 Å². The van der Waals surface area contributed by atoms with E-state index in [1.54, 1.807) is 0 Å². The number of nitrogens with one attached hydrogen (secondary N) is 1. The highest BCUT2D eigenvalue weighted by Gasteiger charge is 2.25. The highest BCUT2D eigenvalue weighted by molar-refractivity contribution is 5.81. The van der Waals surface area contributed by atoms with Crippen molar-refractivity contribution in [3.8, 4) is 0 Å². The van der Waals surface area contributed by atoms with E-state index >= 15 is 0 Å². The number of rotatable bonds is 1. The number of nitrogens with zero attached hydrogens (tertiary/aromatic N) is 1. The van der Waals surface area contributed by atoms with Gasteiger partial charge in [-0.05, 0) is 32.4 Å². The molecule has 3 nitrogen and oxygen atoms in total. The molecule has 0 aliphatic carbocycles. The smallest absolute Gasteiger partial charge is 0.146 e. The van der Waals surface area contributed by atoms with Gasteiger partial charge < -0.3 is 5.32 Å². The molecule has 2 saturated heterocycles. The second kappa shape index (κ2) is 4.20. The minimum absolute atomic E-state index is 0.428. The first kappa shape index (κ1) is 9.16. The number of hydrogen-bond donors (Lipinski definition) is 1. The lowest BCUT2D eigenvalue weighted by Crippen LogP contribution is -2.49. The number of piperidine rings is 2. The summed E-state index contributed by atoms with van der Waals surface area (Å²) in [5.74, 6) is 0.428. The maximum atomic E-state index is 11.3. The zero-order valence-corrected chi connectivity index (χ0v) is 8.09. The fourth-order valence-corrected chi connectivity index (χ4v) is 2.32. The Kier molecular flexibility index (Phi) is 2.96. The molecule has 3 heteroatoms. The van der Waals surface area contributed by atoms with Crippen LogP contribution in [-0.4, -0.2) is 42.9 Å². The molecule has 2 aliphatic heterocycles. The molecule has 2 aliphatic rings. The summed E-state index contributed by atoms with van der Waals surface area (Å²) >= 11 is 0. The van der Waals surface area contributed by atoms with Crippen molar-refractivity contribution in [2.45, 2.75) is 31.7 Å². The summed E-state index contributed by atoms with van der Waals surface area (Å²) in [6.45, 7) is 4.05. The summed E-state index contributed by atoms with van der Waals surface area (Å²) < 4.78 is 0. The third-order valence-corrected chi connectivity index (χ3v) is 3.07. The number of carbonyl (C=O) groups excluding carboxylic acids is 1. The Morgan fingerprint density at radius 1 is 1.38 bits per heavy atom. The standard InChI is InChI=1S/C10H18N2O/c13-10-4-2-6-12(8-10)9-3-1-5-11-7-9/h9,11H,1-8H2. The largest absolute Gasteiger partial charge is 0.315 e. The van der Waals surface area contributed by atoms with Crippen LogP contribution in [0, 0.1) is 0 Å². The van der Waals surface area contributed by atoms with Crippen molar-refractivity contribution in [3.05, 3.63) is 0 Å². The van der Waals surface area contributed by atoms with Crippen molar-refractivity contribution >= 4 is 5.78 Å². The maximum absolute atomic E-state index is 11.3. The molecule has 0 spiro atoms. The quantitative estimate of drug-likeness (QED) is 0.637. The Bertz CT molecular complexity index is 187. The van der Waals surface area contributed by atoms with Crippen LogP contribution in [0.2, 0.25) is 0 Å². The lowest BCUT2D eigenvalue weighted by atomic mass is 10.0. The van der Waals surface area contributed by atoms with Gasteiger partial charge in [0.05, 0.1) is 6.54 Å². The number of hydrogen-bond acceptors (Lipinski definition) is 3. The van der Waals surface area contributed by atoms with Gasteiger partial charge in [0.2, 0.25) is 0 Å². The van der Waals surface area contributed by atoms with Gasteiger partial charge >= 0.3 is 0 Å². The van der Waals surface area contributed by atoms with Gasteiger partial charge in [-0.25, -0.2) is 0 Å². The van der Waals surface area contributed by atoms with Crippen LogP contribution >= 0.6 is 0 Å². The molecular formula is C10H18N2O. The fraction of sp³-hybridized carbons (Fsp3) is 0.900. The van der Waals surface area contributed by atoms with Gasteiger partial charge in [0.25, 0.3) is 0 Å². The average Bonchev–Trinajstić information content (AvgIpc) is 2.19. The molecule has 2 rings (SSSR count). The molecule has 13 heavy (non-hydrogen) atoms. The van der Waals surface area contributed by atoms with Gasteiger partial charge in [-0.2, -0.15) is 0 Å². The van der Waals surface area contributed by atoms with E-state index in [0.717, 1.165) is 32.5 Å². The highest BCUT2D eigenvalue weighted by Crippen LogP contribution is 2.14. The predicted octanol–water partition coefficient (Wildman–Crippen LogP) is 0.403. The van der Waals surface area contributed by atoms with E-state index in [-0.39, 0.29) is 0 Å². The second-order valence-electron chi connectivity index (χ2n) is 4.11. The summed E-state index contributed by atoms with van der Waals surface area (Å²) in [7, 11) is 0. The minimum Gasteiger partial charge on any atom is -0.315 e. The first-order valence-corrected chi connectivity index (χ1v) is 5.33. The zero-order valence-electron chi connectivity index (χ0n) is 8.09. The van der Waals surface area contributed by atoms with Crippen LogP contribution in [0.15, 0.2) is 0 Å². The first-order chi connectivity index (χ1) is 6.36. The Morgan fingerprint density at radius 3 is 3.00 bits per heavy atom. The van der Waals surface area contributed by atoms with Crippen LogP contribution in [-0.2, 0) is 4.79 Å². The Hall–Kier alpha value is -0.410. The molecule has 1 unspecified atom stereocenters. The summed E-state index contributed by atoms with van der Waals surface area (Å²) in [5.41, 5.74) is 0. The molecule has 0 bridgehead atoms. The molecule has 2 heterocycles.